The fraction of sp³-hybridized carbons (Fsp3) is 0.867. The molecule has 0 aromatic rings. The number of carbonyl (C=O) groups is 2. The average molecular weight is 298 g/mol. The molecule has 0 aromatic carbocycles. The molecule has 0 radical (unpaired) electrons. The summed E-state index contributed by atoms with van der Waals surface area (Å²) in [5.74, 6) is -0.183. The smallest absolute Gasteiger partial charge is 0.319 e. The second-order valence-corrected chi connectivity index (χ2v) is 5.80. The highest BCUT2D eigenvalue weighted by atomic mass is 16.5. The summed E-state index contributed by atoms with van der Waals surface area (Å²) in [4.78, 5) is 28.2. The van der Waals surface area contributed by atoms with Gasteiger partial charge in [0.1, 0.15) is 0 Å². The lowest BCUT2D eigenvalue weighted by molar-refractivity contribution is -0.147. The van der Waals surface area contributed by atoms with E-state index in [1.807, 2.05) is 16.7 Å². The van der Waals surface area contributed by atoms with E-state index in [4.69, 9.17) is 9.47 Å². The van der Waals surface area contributed by atoms with E-state index in [-0.39, 0.29) is 24.5 Å². The summed E-state index contributed by atoms with van der Waals surface area (Å²) in [5.41, 5.74) is 0. The third-order valence-corrected chi connectivity index (χ3v) is 4.51. The molecular formula is C15H26N2O4. The van der Waals surface area contributed by atoms with Gasteiger partial charge in [-0.25, -0.2) is 0 Å². The summed E-state index contributed by atoms with van der Waals surface area (Å²) >= 11 is 0. The molecule has 1 atom stereocenters. The number of esters is 1. The molecule has 0 spiro atoms. The van der Waals surface area contributed by atoms with E-state index in [0.29, 0.717) is 32.3 Å². The van der Waals surface area contributed by atoms with Crippen molar-refractivity contribution in [3.8, 4) is 0 Å². The van der Waals surface area contributed by atoms with Crippen molar-refractivity contribution in [1.29, 1.82) is 0 Å². The van der Waals surface area contributed by atoms with Crippen molar-refractivity contribution in [2.24, 2.45) is 0 Å². The third kappa shape index (κ3) is 4.17. The highest BCUT2D eigenvalue weighted by molar-refractivity contribution is 5.82. The van der Waals surface area contributed by atoms with E-state index in [9.17, 15) is 9.59 Å². The van der Waals surface area contributed by atoms with Crippen LogP contribution in [0.4, 0.5) is 0 Å². The van der Waals surface area contributed by atoms with Crippen LogP contribution in [0.2, 0.25) is 0 Å². The van der Waals surface area contributed by atoms with Crippen LogP contribution in [-0.2, 0) is 19.1 Å². The molecule has 0 bridgehead atoms. The summed E-state index contributed by atoms with van der Waals surface area (Å²) in [6.07, 6.45) is 4.44. The van der Waals surface area contributed by atoms with Gasteiger partial charge in [0.05, 0.1) is 32.9 Å². The molecule has 0 N–H and O–H groups in total. The minimum absolute atomic E-state index is 0.0918. The number of methoxy groups -OCH3 is 1. The van der Waals surface area contributed by atoms with Crippen LogP contribution in [0.5, 0.6) is 0 Å². The summed E-state index contributed by atoms with van der Waals surface area (Å²) in [6, 6.07) is 0.0226. The van der Waals surface area contributed by atoms with Crippen LogP contribution < -0.4 is 0 Å². The molecule has 1 amide bonds. The van der Waals surface area contributed by atoms with Gasteiger partial charge in [-0.2, -0.15) is 0 Å². The molecule has 2 fully saturated rings. The maximum atomic E-state index is 12.6. The minimum atomic E-state index is -0.287. The molecule has 6 nitrogen and oxygen atoms in total. The largest absolute Gasteiger partial charge is 0.468 e. The molecule has 1 unspecified atom stereocenters. The summed E-state index contributed by atoms with van der Waals surface area (Å²) < 4.78 is 10.1. The minimum Gasteiger partial charge on any atom is -0.468 e. The van der Waals surface area contributed by atoms with Crippen LogP contribution in [0.25, 0.3) is 0 Å². The van der Waals surface area contributed by atoms with Crippen molar-refractivity contribution >= 4 is 11.9 Å². The van der Waals surface area contributed by atoms with Gasteiger partial charge in [-0.3, -0.25) is 14.5 Å². The highest BCUT2D eigenvalue weighted by Gasteiger charge is 2.34. The molecule has 120 valence electrons. The Kier molecular flexibility index (Phi) is 5.99. The Morgan fingerprint density at radius 3 is 2.48 bits per heavy atom. The Labute approximate surface area is 126 Å². The van der Waals surface area contributed by atoms with E-state index in [1.165, 1.54) is 20.0 Å². The van der Waals surface area contributed by atoms with Crippen LogP contribution in [0, 0.1) is 0 Å². The number of hydrogen-bond acceptors (Lipinski definition) is 5. The Morgan fingerprint density at radius 2 is 1.90 bits per heavy atom. The number of carbonyl (C=O) groups excluding carboxylic acids is 2. The molecule has 2 aliphatic rings. The number of amides is 1. The van der Waals surface area contributed by atoms with Gasteiger partial charge in [0.25, 0.3) is 0 Å². The maximum Gasteiger partial charge on any atom is 0.319 e. The van der Waals surface area contributed by atoms with Crippen LogP contribution >= 0.6 is 0 Å². The van der Waals surface area contributed by atoms with Crippen LogP contribution in [-0.4, -0.2) is 73.7 Å². The van der Waals surface area contributed by atoms with E-state index < -0.39 is 0 Å². The van der Waals surface area contributed by atoms with Crippen molar-refractivity contribution in [3.05, 3.63) is 0 Å². The van der Waals surface area contributed by atoms with Gasteiger partial charge in [-0.15, -0.1) is 0 Å². The van der Waals surface area contributed by atoms with Crippen molar-refractivity contribution in [1.82, 2.24) is 9.80 Å². The number of nitrogens with zero attached hydrogens (tertiary/aromatic N) is 2. The van der Waals surface area contributed by atoms with Gasteiger partial charge in [-0.05, 0) is 19.8 Å². The Hall–Kier alpha value is -1.14. The Morgan fingerprint density at radius 1 is 1.29 bits per heavy atom. The summed E-state index contributed by atoms with van der Waals surface area (Å²) in [7, 11) is 1.39. The molecule has 2 rings (SSSR count). The zero-order valence-electron chi connectivity index (χ0n) is 13.0. The maximum absolute atomic E-state index is 12.6. The average Bonchev–Trinajstić information content (AvgIpc) is 3.06. The predicted octanol–water partition coefficient (Wildman–Crippen LogP) is 0.651. The van der Waals surface area contributed by atoms with Crippen molar-refractivity contribution in [2.75, 3.05) is 40.0 Å². The monoisotopic (exact) mass is 298 g/mol. The van der Waals surface area contributed by atoms with Crippen molar-refractivity contribution in [3.63, 3.8) is 0 Å². The second-order valence-electron chi connectivity index (χ2n) is 5.80. The molecule has 0 aromatic heterocycles. The Balaban J connectivity index is 2.02. The lowest BCUT2D eigenvalue weighted by Gasteiger charge is -2.36. The molecule has 1 heterocycles. The van der Waals surface area contributed by atoms with Gasteiger partial charge in [0.2, 0.25) is 5.91 Å². The van der Waals surface area contributed by atoms with E-state index >= 15 is 0 Å². The predicted molar refractivity (Wildman–Crippen MR) is 77.8 cm³/mol. The van der Waals surface area contributed by atoms with Crippen molar-refractivity contribution in [2.45, 2.75) is 44.7 Å². The molecule has 1 aliphatic heterocycles. The van der Waals surface area contributed by atoms with Crippen LogP contribution in [0.3, 0.4) is 0 Å². The normalized spacial score (nSPS) is 21.6. The fourth-order valence-electron chi connectivity index (χ4n) is 3.22. The van der Waals surface area contributed by atoms with Gasteiger partial charge >= 0.3 is 5.97 Å². The lowest BCUT2D eigenvalue weighted by Crippen LogP contribution is -2.54. The first-order valence-corrected chi connectivity index (χ1v) is 7.82. The molecular weight excluding hydrogens is 272 g/mol. The first-order chi connectivity index (χ1) is 10.1. The number of rotatable bonds is 5. The van der Waals surface area contributed by atoms with Gasteiger partial charge in [0, 0.05) is 19.1 Å². The fourth-order valence-corrected chi connectivity index (χ4v) is 3.22. The van der Waals surface area contributed by atoms with Gasteiger partial charge in [-0.1, -0.05) is 12.8 Å². The van der Waals surface area contributed by atoms with Gasteiger partial charge < -0.3 is 14.4 Å². The lowest BCUT2D eigenvalue weighted by atomic mass is 10.1. The molecule has 1 saturated carbocycles. The third-order valence-electron chi connectivity index (χ3n) is 4.51. The first-order valence-electron chi connectivity index (χ1n) is 7.82. The van der Waals surface area contributed by atoms with E-state index in [0.717, 1.165) is 12.8 Å². The molecule has 1 saturated heterocycles. The molecule has 1 aliphatic carbocycles. The second kappa shape index (κ2) is 7.75. The zero-order valence-corrected chi connectivity index (χ0v) is 13.0. The topological polar surface area (TPSA) is 59.1 Å². The Bertz CT molecular complexity index is 363. The van der Waals surface area contributed by atoms with E-state index in [1.54, 1.807) is 0 Å². The first kappa shape index (κ1) is 16.2. The van der Waals surface area contributed by atoms with E-state index in [2.05, 4.69) is 0 Å². The number of morpholine rings is 1. The van der Waals surface area contributed by atoms with Crippen LogP contribution in [0.1, 0.15) is 32.6 Å². The van der Waals surface area contributed by atoms with Crippen LogP contribution in [0.15, 0.2) is 0 Å². The number of ether oxygens (including phenoxy) is 2. The zero-order chi connectivity index (χ0) is 15.2. The quantitative estimate of drug-likeness (QED) is 0.698. The van der Waals surface area contributed by atoms with Gasteiger partial charge in [0.15, 0.2) is 0 Å². The standard InChI is InChI=1S/C15H26N2O4/c1-12(15(19)16-7-9-21-10-8-16)17(11-14(18)20-2)13-5-3-4-6-13/h12-13H,3-11H2,1-2H3. The summed E-state index contributed by atoms with van der Waals surface area (Å²) in [6.45, 7) is 4.56. The molecule has 21 heavy (non-hydrogen) atoms. The molecule has 6 heteroatoms. The SMILES string of the molecule is COC(=O)CN(C1CCCC1)C(C)C(=O)N1CCOCC1. The summed E-state index contributed by atoms with van der Waals surface area (Å²) in [5, 5.41) is 0. The van der Waals surface area contributed by atoms with Crippen molar-refractivity contribution < 1.29 is 19.1 Å². The highest BCUT2D eigenvalue weighted by Crippen LogP contribution is 2.25. The number of hydrogen-bond donors (Lipinski definition) is 0.